The molecule has 0 spiro atoms. The molecule has 7 heteroatoms. The Bertz CT molecular complexity index is 1270. The van der Waals surface area contributed by atoms with E-state index in [1.165, 1.54) is 10.6 Å². The van der Waals surface area contributed by atoms with Gasteiger partial charge in [-0.15, -0.1) is 0 Å². The van der Waals surface area contributed by atoms with Crippen LogP contribution in [0, 0.1) is 0 Å². The molecule has 0 unspecified atom stereocenters. The Hall–Kier alpha value is -3.38. The van der Waals surface area contributed by atoms with E-state index in [1.54, 1.807) is 37.4 Å². The molecule has 0 aliphatic rings. The largest absolute Gasteiger partial charge is 0.497 e. The smallest absolute Gasteiger partial charge is 0.265 e. The maximum atomic E-state index is 12.8. The molecule has 0 fully saturated rings. The number of nitrogens with zero attached hydrogens (tertiary/aromatic N) is 2. The van der Waals surface area contributed by atoms with Crippen molar-refractivity contribution in [1.82, 2.24) is 14.7 Å². The molecule has 140 valence electrons. The van der Waals surface area contributed by atoms with Crippen molar-refractivity contribution in [2.75, 3.05) is 7.11 Å². The first-order valence-electron chi connectivity index (χ1n) is 8.58. The van der Waals surface area contributed by atoms with E-state index in [0.29, 0.717) is 33.7 Å². The normalized spacial score (nSPS) is 10.9. The molecule has 1 amide bonds. The molecule has 0 aliphatic carbocycles. The van der Waals surface area contributed by atoms with E-state index in [-0.39, 0.29) is 11.5 Å². The van der Waals surface area contributed by atoms with Gasteiger partial charge in [0, 0.05) is 17.8 Å². The topological polar surface area (TPSA) is 72.7 Å². The number of fused-ring (bicyclic) bond motifs is 2. The lowest BCUT2D eigenvalue weighted by Gasteiger charge is -2.09. The molecule has 4 rings (SSSR count). The molecular weight excluding hydrogens is 378 g/mol. The van der Waals surface area contributed by atoms with E-state index in [0.717, 1.165) is 11.3 Å². The van der Waals surface area contributed by atoms with Crippen LogP contribution in [0.5, 0.6) is 5.75 Å². The molecular formula is C21H16ClN3O3. The lowest BCUT2D eigenvalue weighted by atomic mass is 10.2. The van der Waals surface area contributed by atoms with Crippen molar-refractivity contribution in [1.29, 1.82) is 0 Å². The van der Waals surface area contributed by atoms with E-state index in [4.69, 9.17) is 16.3 Å². The average Bonchev–Trinajstić information content (AvgIpc) is 2.72. The van der Waals surface area contributed by atoms with E-state index in [9.17, 15) is 9.59 Å². The number of halogens is 1. The Labute approximate surface area is 165 Å². The Morgan fingerprint density at radius 3 is 2.86 bits per heavy atom. The lowest BCUT2D eigenvalue weighted by molar-refractivity contribution is 0.0950. The molecule has 1 N–H and O–H groups in total. The van der Waals surface area contributed by atoms with Crippen LogP contribution < -0.4 is 15.6 Å². The van der Waals surface area contributed by atoms with Crippen LogP contribution in [0.25, 0.3) is 16.6 Å². The van der Waals surface area contributed by atoms with Gasteiger partial charge < -0.3 is 10.1 Å². The monoisotopic (exact) mass is 393 g/mol. The molecule has 28 heavy (non-hydrogen) atoms. The minimum absolute atomic E-state index is 0.273. The summed E-state index contributed by atoms with van der Waals surface area (Å²) in [6.45, 7) is 0.342. The summed E-state index contributed by atoms with van der Waals surface area (Å²) in [7, 11) is 1.59. The van der Waals surface area contributed by atoms with Crippen molar-refractivity contribution >= 4 is 34.1 Å². The number of amides is 1. The van der Waals surface area contributed by atoms with Crippen LogP contribution in [0.3, 0.4) is 0 Å². The number of hydrogen-bond acceptors (Lipinski definition) is 4. The maximum Gasteiger partial charge on any atom is 0.265 e. The molecule has 4 aromatic rings. The van der Waals surface area contributed by atoms with Gasteiger partial charge in [-0.2, -0.15) is 0 Å². The average molecular weight is 394 g/mol. The summed E-state index contributed by atoms with van der Waals surface area (Å²) in [5, 5.41) is 3.70. The van der Waals surface area contributed by atoms with E-state index in [2.05, 4.69) is 10.3 Å². The first-order chi connectivity index (χ1) is 13.5. The highest BCUT2D eigenvalue weighted by Gasteiger charge is 2.11. The summed E-state index contributed by atoms with van der Waals surface area (Å²) in [6, 6.07) is 15.7. The Balaban J connectivity index is 1.64. The molecule has 0 saturated heterocycles. The zero-order valence-electron chi connectivity index (χ0n) is 15.0. The highest BCUT2D eigenvalue weighted by molar-refractivity contribution is 6.31. The van der Waals surface area contributed by atoms with Gasteiger partial charge in [0.15, 0.2) is 0 Å². The predicted octanol–water partition coefficient (Wildman–Crippen LogP) is 3.44. The second-order valence-corrected chi connectivity index (χ2v) is 6.70. The fourth-order valence-electron chi connectivity index (χ4n) is 2.98. The van der Waals surface area contributed by atoms with Crippen molar-refractivity contribution in [3.05, 3.63) is 87.3 Å². The quantitative estimate of drug-likeness (QED) is 0.539. The van der Waals surface area contributed by atoms with E-state index in [1.807, 2.05) is 24.3 Å². The van der Waals surface area contributed by atoms with Crippen LogP contribution in [-0.4, -0.2) is 22.4 Å². The van der Waals surface area contributed by atoms with Crippen molar-refractivity contribution in [3.8, 4) is 5.75 Å². The number of carbonyl (C=O) groups is 1. The summed E-state index contributed by atoms with van der Waals surface area (Å²) >= 11 is 6.00. The second-order valence-electron chi connectivity index (χ2n) is 6.26. The molecule has 6 nitrogen and oxygen atoms in total. The van der Waals surface area contributed by atoms with Gasteiger partial charge in [0.2, 0.25) is 0 Å². The van der Waals surface area contributed by atoms with Crippen LogP contribution in [0.15, 0.2) is 65.6 Å². The number of pyridine rings is 1. The van der Waals surface area contributed by atoms with Gasteiger partial charge in [-0.3, -0.25) is 14.0 Å². The van der Waals surface area contributed by atoms with Gasteiger partial charge in [0.05, 0.1) is 23.6 Å². The number of carbonyl (C=O) groups excluding carboxylic acids is 1. The van der Waals surface area contributed by atoms with Crippen LogP contribution in [0.1, 0.15) is 15.9 Å². The zero-order chi connectivity index (χ0) is 19.7. The van der Waals surface area contributed by atoms with Crippen molar-refractivity contribution < 1.29 is 9.53 Å². The first-order valence-corrected chi connectivity index (χ1v) is 8.96. The Morgan fingerprint density at radius 1 is 1.18 bits per heavy atom. The van der Waals surface area contributed by atoms with Crippen LogP contribution in [0.4, 0.5) is 0 Å². The number of aromatic nitrogens is 2. The van der Waals surface area contributed by atoms with Crippen molar-refractivity contribution in [2.45, 2.75) is 6.54 Å². The molecule has 0 atom stereocenters. The highest BCUT2D eigenvalue weighted by Crippen LogP contribution is 2.16. The fraction of sp³-hybridized carbons (Fsp3) is 0.0952. The van der Waals surface area contributed by atoms with Crippen LogP contribution in [-0.2, 0) is 6.54 Å². The summed E-state index contributed by atoms with van der Waals surface area (Å²) < 4.78 is 6.54. The van der Waals surface area contributed by atoms with Gasteiger partial charge in [0.25, 0.3) is 11.5 Å². The van der Waals surface area contributed by atoms with Gasteiger partial charge in [-0.1, -0.05) is 23.7 Å². The predicted molar refractivity (Wildman–Crippen MR) is 108 cm³/mol. The second kappa shape index (κ2) is 7.32. The summed E-state index contributed by atoms with van der Waals surface area (Å²) in [5.74, 6) is 0.434. The third-order valence-electron chi connectivity index (χ3n) is 4.42. The van der Waals surface area contributed by atoms with E-state index < -0.39 is 0 Å². The van der Waals surface area contributed by atoms with Gasteiger partial charge in [0.1, 0.15) is 11.4 Å². The zero-order valence-corrected chi connectivity index (χ0v) is 15.7. The van der Waals surface area contributed by atoms with E-state index >= 15 is 0 Å². The Morgan fingerprint density at radius 2 is 2.04 bits per heavy atom. The number of hydrogen-bond donors (Lipinski definition) is 1. The number of ether oxygens (including phenoxy) is 1. The van der Waals surface area contributed by atoms with Gasteiger partial charge in [-0.05, 0) is 48.0 Å². The number of benzene rings is 2. The SMILES string of the molecule is COc1cccc(CNC(=O)c2ccc3nc4ccc(Cl)cc4c(=O)n3c2)c1. The molecule has 0 bridgehead atoms. The first kappa shape index (κ1) is 18.0. The van der Waals surface area contributed by atoms with Crippen molar-refractivity contribution in [3.63, 3.8) is 0 Å². The lowest BCUT2D eigenvalue weighted by Crippen LogP contribution is -2.24. The summed E-state index contributed by atoms with van der Waals surface area (Å²) in [4.78, 5) is 29.8. The molecule has 2 aromatic carbocycles. The van der Waals surface area contributed by atoms with Crippen LogP contribution >= 0.6 is 11.6 Å². The molecule has 0 aliphatic heterocycles. The summed E-state index contributed by atoms with van der Waals surface area (Å²) in [5.41, 5.74) is 2.02. The third kappa shape index (κ3) is 3.42. The molecule has 0 radical (unpaired) electrons. The fourth-order valence-corrected chi connectivity index (χ4v) is 3.15. The van der Waals surface area contributed by atoms with Gasteiger partial charge >= 0.3 is 0 Å². The Kier molecular flexibility index (Phi) is 4.71. The van der Waals surface area contributed by atoms with Gasteiger partial charge in [-0.25, -0.2) is 4.98 Å². The standard InChI is InChI=1S/C21H16ClN3O3/c1-28-16-4-2-3-13(9-16)11-23-20(26)14-5-8-19-24-18-7-6-15(22)10-17(18)21(27)25(19)12-14/h2-10,12H,11H2,1H3,(H,23,26). The summed E-state index contributed by atoms with van der Waals surface area (Å²) in [6.07, 6.45) is 1.49. The molecule has 0 saturated carbocycles. The third-order valence-corrected chi connectivity index (χ3v) is 4.65. The van der Waals surface area contributed by atoms with Crippen LogP contribution in [0.2, 0.25) is 5.02 Å². The number of nitrogens with one attached hydrogen (secondary N) is 1. The maximum absolute atomic E-state index is 12.8. The molecule has 2 aromatic heterocycles. The van der Waals surface area contributed by atoms with Crippen molar-refractivity contribution in [2.24, 2.45) is 0 Å². The highest BCUT2D eigenvalue weighted by atomic mass is 35.5. The minimum Gasteiger partial charge on any atom is -0.497 e. The minimum atomic E-state index is -0.289. The molecule has 2 heterocycles. The number of rotatable bonds is 4. The number of methoxy groups -OCH3 is 1.